The molecule has 0 spiro atoms. The molecule has 27 heavy (non-hydrogen) atoms. The van der Waals surface area contributed by atoms with Gasteiger partial charge in [0.2, 0.25) is 10.0 Å². The average Bonchev–Trinajstić information content (AvgIpc) is 3.32. The van der Waals surface area contributed by atoms with E-state index in [9.17, 15) is 13.2 Å². The van der Waals surface area contributed by atoms with E-state index in [1.807, 2.05) is 16.7 Å². The average molecular weight is 413 g/mol. The molecule has 1 aromatic carbocycles. The predicted molar refractivity (Wildman–Crippen MR) is 108 cm³/mol. The topological polar surface area (TPSA) is 75.7 Å². The van der Waals surface area contributed by atoms with Gasteiger partial charge in [-0.1, -0.05) is 0 Å². The molecule has 3 rings (SSSR count). The van der Waals surface area contributed by atoms with Crippen LogP contribution in [0, 0.1) is 0 Å². The number of carbonyl (C=O) groups excluding carboxylic acids is 1. The van der Waals surface area contributed by atoms with Crippen molar-refractivity contribution in [1.82, 2.24) is 9.62 Å². The minimum absolute atomic E-state index is 0.0428. The van der Waals surface area contributed by atoms with Crippen molar-refractivity contribution in [2.75, 3.05) is 24.7 Å². The van der Waals surface area contributed by atoms with Crippen molar-refractivity contribution in [2.45, 2.75) is 56.2 Å². The van der Waals surface area contributed by atoms with Crippen molar-refractivity contribution in [2.24, 2.45) is 0 Å². The van der Waals surface area contributed by atoms with Crippen molar-refractivity contribution in [1.29, 1.82) is 0 Å². The fourth-order valence-electron chi connectivity index (χ4n) is 3.49. The molecule has 2 unspecified atom stereocenters. The second-order valence-electron chi connectivity index (χ2n) is 7.41. The summed E-state index contributed by atoms with van der Waals surface area (Å²) in [5.74, 6) is 1.97. The Kier molecular flexibility index (Phi) is 6.83. The summed E-state index contributed by atoms with van der Waals surface area (Å²) in [6, 6.07) is 6.27. The zero-order chi connectivity index (χ0) is 19.4. The first kappa shape index (κ1) is 20.6. The van der Waals surface area contributed by atoms with Gasteiger partial charge in [0, 0.05) is 36.6 Å². The van der Waals surface area contributed by atoms with Crippen molar-refractivity contribution in [3.05, 3.63) is 29.8 Å². The molecular weight excluding hydrogens is 384 g/mol. The predicted octanol–water partition coefficient (Wildman–Crippen LogP) is 2.50. The van der Waals surface area contributed by atoms with Crippen LogP contribution in [0.25, 0.3) is 0 Å². The third-order valence-corrected chi connectivity index (χ3v) is 7.65. The molecule has 2 saturated heterocycles. The van der Waals surface area contributed by atoms with Crippen LogP contribution >= 0.6 is 11.8 Å². The van der Waals surface area contributed by atoms with E-state index in [4.69, 9.17) is 4.74 Å². The lowest BCUT2D eigenvalue weighted by Gasteiger charge is -2.31. The molecule has 1 amide bonds. The molecule has 2 aliphatic rings. The standard InChI is InChI=1S/C19H28N2O4S2/c1-14(2)20-27(23,24)18-7-5-15(6-8-18)19(22)21(16-9-11-26-13-16)12-17-4-3-10-25-17/h5-8,14,16-17,20H,3-4,9-13H2,1-2H3. The van der Waals surface area contributed by atoms with Gasteiger partial charge in [-0.25, -0.2) is 13.1 Å². The summed E-state index contributed by atoms with van der Waals surface area (Å²) in [5.41, 5.74) is 0.522. The number of sulfonamides is 1. The number of ether oxygens (including phenoxy) is 1. The molecule has 0 radical (unpaired) electrons. The summed E-state index contributed by atoms with van der Waals surface area (Å²) in [7, 11) is -3.55. The number of nitrogens with one attached hydrogen (secondary N) is 1. The fourth-order valence-corrected chi connectivity index (χ4v) is 5.97. The largest absolute Gasteiger partial charge is 0.376 e. The highest BCUT2D eigenvalue weighted by Crippen LogP contribution is 2.26. The number of thioether (sulfide) groups is 1. The lowest BCUT2D eigenvalue weighted by atomic mass is 10.1. The van der Waals surface area contributed by atoms with E-state index < -0.39 is 10.0 Å². The highest BCUT2D eigenvalue weighted by Gasteiger charge is 2.31. The van der Waals surface area contributed by atoms with Gasteiger partial charge in [0.15, 0.2) is 0 Å². The van der Waals surface area contributed by atoms with Crippen molar-refractivity contribution >= 4 is 27.7 Å². The Morgan fingerprint density at radius 1 is 1.30 bits per heavy atom. The normalized spacial score (nSPS) is 23.1. The summed E-state index contributed by atoms with van der Waals surface area (Å²) in [4.78, 5) is 15.3. The summed E-state index contributed by atoms with van der Waals surface area (Å²) in [5, 5.41) is 0. The van der Waals surface area contributed by atoms with Crippen LogP contribution in [0.15, 0.2) is 29.2 Å². The molecule has 1 N–H and O–H groups in total. The van der Waals surface area contributed by atoms with Gasteiger partial charge < -0.3 is 9.64 Å². The molecule has 6 nitrogen and oxygen atoms in total. The van der Waals surface area contributed by atoms with Gasteiger partial charge in [-0.05, 0) is 63.1 Å². The Labute approximate surface area is 166 Å². The Balaban J connectivity index is 1.76. The van der Waals surface area contributed by atoms with E-state index in [1.54, 1.807) is 26.0 Å². The van der Waals surface area contributed by atoms with Gasteiger partial charge in [0.1, 0.15) is 0 Å². The molecule has 0 aliphatic carbocycles. The van der Waals surface area contributed by atoms with Gasteiger partial charge in [0.25, 0.3) is 5.91 Å². The van der Waals surface area contributed by atoms with Crippen LogP contribution in [0.2, 0.25) is 0 Å². The highest BCUT2D eigenvalue weighted by molar-refractivity contribution is 7.99. The zero-order valence-corrected chi connectivity index (χ0v) is 17.5. The van der Waals surface area contributed by atoms with E-state index in [1.165, 1.54) is 12.1 Å². The quantitative estimate of drug-likeness (QED) is 0.745. The highest BCUT2D eigenvalue weighted by atomic mass is 32.2. The molecule has 0 saturated carbocycles. The molecule has 0 aromatic heterocycles. The van der Waals surface area contributed by atoms with Crippen LogP contribution in [-0.2, 0) is 14.8 Å². The van der Waals surface area contributed by atoms with E-state index in [0.29, 0.717) is 12.1 Å². The second-order valence-corrected chi connectivity index (χ2v) is 10.3. The van der Waals surface area contributed by atoms with E-state index >= 15 is 0 Å². The molecular formula is C19H28N2O4S2. The minimum atomic E-state index is -3.55. The molecule has 2 atom stereocenters. The molecule has 1 aromatic rings. The SMILES string of the molecule is CC(C)NS(=O)(=O)c1ccc(C(=O)N(CC2CCCO2)C2CCSC2)cc1. The van der Waals surface area contributed by atoms with Gasteiger partial charge >= 0.3 is 0 Å². The zero-order valence-electron chi connectivity index (χ0n) is 15.9. The van der Waals surface area contributed by atoms with Gasteiger partial charge in [-0.15, -0.1) is 0 Å². The molecule has 2 heterocycles. The van der Waals surface area contributed by atoms with Crippen LogP contribution in [0.5, 0.6) is 0 Å². The maximum atomic E-state index is 13.2. The third kappa shape index (κ3) is 5.25. The molecule has 2 fully saturated rings. The van der Waals surface area contributed by atoms with E-state index in [0.717, 1.165) is 37.4 Å². The monoisotopic (exact) mass is 412 g/mol. The van der Waals surface area contributed by atoms with Gasteiger partial charge in [-0.3, -0.25) is 4.79 Å². The second kappa shape index (κ2) is 8.94. The van der Waals surface area contributed by atoms with Crippen LogP contribution in [0.3, 0.4) is 0 Å². The number of hydrogen-bond acceptors (Lipinski definition) is 5. The first-order valence-corrected chi connectivity index (χ1v) is 12.1. The maximum absolute atomic E-state index is 13.2. The lowest BCUT2D eigenvalue weighted by molar-refractivity contribution is 0.0441. The van der Waals surface area contributed by atoms with Crippen molar-refractivity contribution in [3.8, 4) is 0 Å². The number of hydrogen-bond donors (Lipinski definition) is 1. The van der Waals surface area contributed by atoms with Crippen LogP contribution < -0.4 is 4.72 Å². The summed E-state index contributed by atoms with van der Waals surface area (Å²) < 4.78 is 32.8. The smallest absolute Gasteiger partial charge is 0.254 e. The number of rotatable bonds is 7. The number of nitrogens with zero attached hydrogens (tertiary/aromatic N) is 1. The van der Waals surface area contributed by atoms with Crippen LogP contribution in [0.4, 0.5) is 0 Å². The van der Waals surface area contributed by atoms with Gasteiger partial charge in [-0.2, -0.15) is 11.8 Å². The van der Waals surface area contributed by atoms with Crippen LogP contribution in [0.1, 0.15) is 43.5 Å². The lowest BCUT2D eigenvalue weighted by Crippen LogP contribution is -2.44. The minimum Gasteiger partial charge on any atom is -0.376 e. The molecule has 2 aliphatic heterocycles. The first-order valence-electron chi connectivity index (χ1n) is 9.49. The summed E-state index contributed by atoms with van der Waals surface area (Å²) >= 11 is 1.87. The number of carbonyl (C=O) groups is 1. The Morgan fingerprint density at radius 2 is 2.04 bits per heavy atom. The van der Waals surface area contributed by atoms with Crippen molar-refractivity contribution < 1.29 is 17.9 Å². The third-order valence-electron chi connectivity index (χ3n) is 4.83. The van der Waals surface area contributed by atoms with Crippen molar-refractivity contribution in [3.63, 3.8) is 0 Å². The number of benzene rings is 1. The first-order chi connectivity index (χ1) is 12.9. The fraction of sp³-hybridized carbons (Fsp3) is 0.632. The van der Waals surface area contributed by atoms with E-state index in [2.05, 4.69) is 4.72 Å². The Hall–Kier alpha value is -1.09. The maximum Gasteiger partial charge on any atom is 0.254 e. The van der Waals surface area contributed by atoms with Gasteiger partial charge in [0.05, 0.1) is 11.0 Å². The molecule has 150 valence electrons. The molecule has 0 bridgehead atoms. The number of amides is 1. The Bertz CT molecular complexity index is 737. The van der Waals surface area contributed by atoms with E-state index in [-0.39, 0.29) is 29.0 Å². The van der Waals surface area contributed by atoms with Crippen LogP contribution in [-0.4, -0.2) is 62.1 Å². The summed E-state index contributed by atoms with van der Waals surface area (Å²) in [6.45, 7) is 4.93. The molecule has 8 heteroatoms. The summed E-state index contributed by atoms with van der Waals surface area (Å²) in [6.07, 6.45) is 3.13. The Morgan fingerprint density at radius 3 is 2.59 bits per heavy atom.